The minimum atomic E-state index is -10.7. The van der Waals surface area contributed by atoms with Crippen molar-refractivity contribution in [3.05, 3.63) is 60.3 Å². The van der Waals surface area contributed by atoms with Crippen LogP contribution in [-0.4, -0.2) is 22.9 Å². The van der Waals surface area contributed by atoms with E-state index >= 15 is 0 Å². The third-order valence-electron chi connectivity index (χ3n) is 2.85. The predicted octanol–water partition coefficient (Wildman–Crippen LogP) is 6.50. The molecule has 9 heteroatoms. The topological polar surface area (TPSA) is 6.48 Å². The van der Waals surface area contributed by atoms with E-state index in [0.29, 0.717) is 0 Å². The van der Waals surface area contributed by atoms with Crippen molar-refractivity contribution in [1.29, 1.82) is 0 Å². The van der Waals surface area contributed by atoms with Crippen LogP contribution in [0.15, 0.2) is 60.3 Å². The molecule has 0 atom stereocenters. The molecule has 0 radical (unpaired) electrons. The molecule has 0 spiro atoms. The first-order chi connectivity index (χ1) is 10.3. The predicted molar refractivity (Wildman–Crippen MR) is 83.0 cm³/mol. The molecule has 0 aromatic rings. The molecule has 0 fully saturated rings. The monoisotopic (exact) mass is 360 g/mol. The number of hydrogen-bond acceptors (Lipinski definition) is 2. The fraction of sp³-hybridized carbons (Fsp3) is 0.286. The number of hydrogen-bond donors (Lipinski definition) is 0. The Hall–Kier alpha value is -1.69. The average Bonchev–Trinajstić information content (AvgIpc) is 2.44. The fourth-order valence-electron chi connectivity index (χ4n) is 1.72. The molecule has 0 aliphatic carbocycles. The summed E-state index contributed by atoms with van der Waals surface area (Å²) in [6.07, 6.45) is 17.1. The molecule has 0 aromatic heterocycles. The van der Waals surface area contributed by atoms with E-state index in [1.165, 1.54) is 11.1 Å². The van der Waals surface area contributed by atoms with Gasteiger partial charge in [-0.15, -0.1) is 0 Å². The molecule has 2 aliphatic rings. The second-order valence-electron chi connectivity index (χ2n) is 4.79. The van der Waals surface area contributed by atoms with Gasteiger partial charge in [0.15, 0.2) is 0 Å². The minimum Gasteiger partial charge on any atom is 1.00 e. The second-order valence-corrected chi connectivity index (χ2v) is 6.71. The van der Waals surface area contributed by atoms with Crippen molar-refractivity contribution >= 4 is 7.81 Å². The van der Waals surface area contributed by atoms with Crippen molar-refractivity contribution in [2.45, 2.75) is 13.8 Å². The Labute approximate surface area is 132 Å². The van der Waals surface area contributed by atoms with Gasteiger partial charge in [-0.25, -0.2) is 0 Å². The van der Waals surface area contributed by atoms with Gasteiger partial charge in [0.25, 0.3) is 0 Å². The zero-order chi connectivity index (χ0) is 17.8. The van der Waals surface area contributed by atoms with Gasteiger partial charge in [0.05, 0.1) is 0 Å². The summed E-state index contributed by atoms with van der Waals surface area (Å²) in [7, 11) is -10.7. The van der Waals surface area contributed by atoms with E-state index in [9.17, 15) is 25.2 Å². The summed E-state index contributed by atoms with van der Waals surface area (Å²) in [6, 6.07) is 0. The Kier molecular flexibility index (Phi) is 5.11. The summed E-state index contributed by atoms with van der Waals surface area (Å²) in [5.41, 5.74) is 2.54. The SMILES string of the molecule is CCN1C=CC(=C2C=CN(CC)C=C2)C=C1.F[P-](F)(F)(F)(F)F.[H+]. The molecule has 0 aromatic carbocycles. The van der Waals surface area contributed by atoms with E-state index in [-0.39, 0.29) is 1.43 Å². The smallest absolute Gasteiger partial charge is 1.00 e. The van der Waals surface area contributed by atoms with Crippen LogP contribution in [0.25, 0.3) is 0 Å². The normalized spacial score (nSPS) is 20.2. The molecule has 0 N–H and O–H groups in total. The van der Waals surface area contributed by atoms with Crippen LogP contribution >= 0.6 is 7.81 Å². The van der Waals surface area contributed by atoms with Gasteiger partial charge in [-0.1, -0.05) is 0 Å². The third kappa shape index (κ3) is 9.84. The molecule has 2 rings (SSSR count). The van der Waals surface area contributed by atoms with Crippen molar-refractivity contribution in [3.63, 3.8) is 0 Å². The van der Waals surface area contributed by atoms with E-state index in [0.717, 1.165) is 13.1 Å². The van der Waals surface area contributed by atoms with Gasteiger partial charge in [0.1, 0.15) is 0 Å². The summed E-state index contributed by atoms with van der Waals surface area (Å²) in [5.74, 6) is 0. The zero-order valence-electron chi connectivity index (χ0n) is 13.6. The number of rotatable bonds is 2. The Morgan fingerprint density at radius 3 is 1.09 bits per heavy atom. The Morgan fingerprint density at radius 2 is 0.913 bits per heavy atom. The van der Waals surface area contributed by atoms with Crippen molar-refractivity contribution in [2.24, 2.45) is 0 Å². The minimum absolute atomic E-state index is 0. The van der Waals surface area contributed by atoms with Gasteiger partial charge in [0, 0.05) is 37.9 Å². The summed E-state index contributed by atoms with van der Waals surface area (Å²) in [5, 5.41) is 0. The molecular weight excluding hydrogens is 341 g/mol. The largest absolute Gasteiger partial charge is 1.00 e. The average molecular weight is 360 g/mol. The maximum absolute atomic E-state index is 10.7. The maximum Gasteiger partial charge on any atom is 1.00 e. The summed E-state index contributed by atoms with van der Waals surface area (Å²) in [4.78, 5) is 4.33. The number of allylic oxidation sites excluding steroid dienone is 6. The van der Waals surface area contributed by atoms with E-state index < -0.39 is 7.81 Å². The van der Waals surface area contributed by atoms with E-state index in [1.54, 1.807) is 0 Å². The molecule has 132 valence electrons. The zero-order valence-corrected chi connectivity index (χ0v) is 13.5. The van der Waals surface area contributed by atoms with Crippen LogP contribution in [-0.2, 0) is 0 Å². The molecule has 0 unspecified atom stereocenters. The third-order valence-corrected chi connectivity index (χ3v) is 2.85. The summed E-state index contributed by atoms with van der Waals surface area (Å²) >= 11 is 0. The second kappa shape index (κ2) is 6.07. The van der Waals surface area contributed by atoms with Crippen molar-refractivity contribution in [1.82, 2.24) is 9.80 Å². The van der Waals surface area contributed by atoms with E-state index in [2.05, 4.69) is 72.8 Å². The van der Waals surface area contributed by atoms with Gasteiger partial charge in [-0.3, -0.25) is 0 Å². The summed E-state index contributed by atoms with van der Waals surface area (Å²) in [6.45, 7) is 6.33. The quantitative estimate of drug-likeness (QED) is 0.409. The van der Waals surface area contributed by atoms with Crippen molar-refractivity contribution in [3.8, 4) is 0 Å². The van der Waals surface area contributed by atoms with Crippen LogP contribution in [0.2, 0.25) is 0 Å². The van der Waals surface area contributed by atoms with Crippen molar-refractivity contribution < 1.29 is 26.6 Å². The molecule has 0 bridgehead atoms. The molecular formula is C14H19F6N2P. The standard InChI is InChI=1S/C14H18N2.F6P/c1-3-15-9-5-13(6-10-15)14-7-11-16(4-2)12-8-14;1-7(2,3,4,5)6/h5-12H,3-4H2,1-2H3;/q;-1/p+1. The van der Waals surface area contributed by atoms with Crippen molar-refractivity contribution in [2.75, 3.05) is 13.1 Å². The van der Waals surface area contributed by atoms with Gasteiger partial charge < -0.3 is 9.80 Å². The van der Waals surface area contributed by atoms with Gasteiger partial charge >= 0.3 is 34.4 Å². The van der Waals surface area contributed by atoms with E-state index in [4.69, 9.17) is 0 Å². The molecule has 0 saturated carbocycles. The Morgan fingerprint density at radius 1 is 0.696 bits per heavy atom. The van der Waals surface area contributed by atoms with Gasteiger partial charge in [-0.2, -0.15) is 0 Å². The van der Waals surface area contributed by atoms with Crippen LogP contribution in [0.3, 0.4) is 0 Å². The van der Waals surface area contributed by atoms with Crippen LogP contribution in [0.5, 0.6) is 0 Å². The molecule has 23 heavy (non-hydrogen) atoms. The molecule has 2 aliphatic heterocycles. The van der Waals surface area contributed by atoms with Gasteiger partial charge in [0.2, 0.25) is 0 Å². The first-order valence-corrected chi connectivity index (χ1v) is 8.86. The maximum atomic E-state index is 9.87. The first kappa shape index (κ1) is 19.4. The van der Waals surface area contributed by atoms with Crippen LogP contribution in [0.4, 0.5) is 25.2 Å². The first-order valence-electron chi connectivity index (χ1n) is 6.83. The molecule has 0 amide bonds. The van der Waals surface area contributed by atoms with Crippen LogP contribution in [0, 0.1) is 0 Å². The Bertz CT molecular complexity index is 508. The Balaban J connectivity index is 0.000000570. The van der Waals surface area contributed by atoms with Crippen LogP contribution < -0.4 is 0 Å². The fourth-order valence-corrected chi connectivity index (χ4v) is 1.72. The van der Waals surface area contributed by atoms with Gasteiger partial charge in [-0.05, 0) is 49.3 Å². The summed E-state index contributed by atoms with van der Waals surface area (Å²) < 4.78 is 59.2. The number of halogens is 6. The number of nitrogens with zero attached hydrogens (tertiary/aromatic N) is 2. The molecule has 2 nitrogen and oxygen atoms in total. The van der Waals surface area contributed by atoms with E-state index in [1.807, 2.05) is 0 Å². The molecule has 2 heterocycles. The molecule has 0 saturated heterocycles. The van der Waals surface area contributed by atoms with Crippen LogP contribution in [0.1, 0.15) is 15.3 Å².